The van der Waals surface area contributed by atoms with Crippen molar-refractivity contribution < 1.29 is 4.74 Å². The van der Waals surface area contributed by atoms with Crippen LogP contribution in [0.3, 0.4) is 0 Å². The second kappa shape index (κ2) is 5.71. The molecule has 0 amide bonds. The van der Waals surface area contributed by atoms with Gasteiger partial charge in [0.15, 0.2) is 0 Å². The summed E-state index contributed by atoms with van der Waals surface area (Å²) in [5.41, 5.74) is 4.59. The first-order valence-electron chi connectivity index (χ1n) is 5.54. The number of nitrogens with two attached hydrogens (primary N) is 1. The number of benzene rings is 1. The van der Waals surface area contributed by atoms with Crippen LogP contribution in [-0.4, -0.2) is 12.1 Å². The van der Waals surface area contributed by atoms with Crippen LogP contribution in [0.1, 0.15) is 5.56 Å². The van der Waals surface area contributed by atoms with Gasteiger partial charge in [-0.2, -0.15) is 5.26 Å². The molecule has 0 fully saturated rings. The molecule has 0 aliphatic rings. The Kier molecular flexibility index (Phi) is 3.81. The van der Waals surface area contributed by atoms with Gasteiger partial charge in [-0.25, -0.2) is 10.8 Å². The summed E-state index contributed by atoms with van der Waals surface area (Å²) >= 11 is 0. The molecular formula is C13H13N5O. The minimum Gasteiger partial charge on any atom is -0.495 e. The molecule has 1 aromatic carbocycles. The third-order valence-corrected chi connectivity index (χ3v) is 2.52. The Balaban J connectivity index is 2.30. The molecule has 0 saturated carbocycles. The van der Waals surface area contributed by atoms with Crippen molar-refractivity contribution in [2.24, 2.45) is 5.84 Å². The Morgan fingerprint density at radius 1 is 1.32 bits per heavy atom. The lowest BCUT2D eigenvalue weighted by atomic mass is 10.2. The number of nitrogens with one attached hydrogen (secondary N) is 2. The first-order valence-corrected chi connectivity index (χ1v) is 5.54. The number of ether oxygens (including phenoxy) is 1. The summed E-state index contributed by atoms with van der Waals surface area (Å²) in [5.74, 6) is 6.45. The van der Waals surface area contributed by atoms with E-state index in [1.807, 2.05) is 0 Å². The van der Waals surface area contributed by atoms with Crippen LogP contribution in [0.25, 0.3) is 0 Å². The zero-order chi connectivity index (χ0) is 13.7. The van der Waals surface area contributed by atoms with Crippen LogP contribution in [0.5, 0.6) is 5.75 Å². The van der Waals surface area contributed by atoms with Crippen molar-refractivity contribution in [3.05, 3.63) is 42.1 Å². The zero-order valence-electron chi connectivity index (χ0n) is 10.3. The van der Waals surface area contributed by atoms with Gasteiger partial charge >= 0.3 is 0 Å². The molecule has 0 spiro atoms. The van der Waals surface area contributed by atoms with E-state index in [0.717, 1.165) is 11.4 Å². The number of anilines is 3. The van der Waals surface area contributed by atoms with Gasteiger partial charge in [-0.3, -0.25) is 0 Å². The molecule has 0 aliphatic heterocycles. The molecule has 0 unspecified atom stereocenters. The second-order valence-electron chi connectivity index (χ2n) is 3.73. The predicted molar refractivity (Wildman–Crippen MR) is 73.0 cm³/mol. The summed E-state index contributed by atoms with van der Waals surface area (Å²) < 4.78 is 5.25. The summed E-state index contributed by atoms with van der Waals surface area (Å²) in [5, 5.41) is 12.0. The standard InChI is InChI=1S/C13H13N5O/c1-19-12-6-9(8-14)2-3-11(12)17-10-4-5-16-13(7-10)18-15/h2-7H,15H2,1H3,(H2,16,17,18). The van der Waals surface area contributed by atoms with Crippen LogP contribution < -0.4 is 21.3 Å². The SMILES string of the molecule is COc1cc(C#N)ccc1Nc1ccnc(NN)c1. The highest BCUT2D eigenvalue weighted by Gasteiger charge is 2.05. The van der Waals surface area contributed by atoms with E-state index in [1.54, 1.807) is 43.6 Å². The van der Waals surface area contributed by atoms with Gasteiger partial charge in [0, 0.05) is 24.0 Å². The topological polar surface area (TPSA) is 96.0 Å². The lowest BCUT2D eigenvalue weighted by Gasteiger charge is -2.12. The van der Waals surface area contributed by atoms with Gasteiger partial charge in [0.2, 0.25) is 0 Å². The van der Waals surface area contributed by atoms with Crippen molar-refractivity contribution in [2.45, 2.75) is 0 Å². The van der Waals surface area contributed by atoms with Gasteiger partial charge in [0.25, 0.3) is 0 Å². The van der Waals surface area contributed by atoms with Gasteiger partial charge < -0.3 is 15.5 Å². The van der Waals surface area contributed by atoms with Crippen molar-refractivity contribution in [3.8, 4) is 11.8 Å². The van der Waals surface area contributed by atoms with Gasteiger partial charge in [-0.05, 0) is 18.2 Å². The van der Waals surface area contributed by atoms with Gasteiger partial charge in [-0.1, -0.05) is 0 Å². The van der Waals surface area contributed by atoms with Crippen LogP contribution in [-0.2, 0) is 0 Å². The summed E-state index contributed by atoms with van der Waals surface area (Å²) in [7, 11) is 1.56. The number of methoxy groups -OCH3 is 1. The molecule has 4 N–H and O–H groups in total. The zero-order valence-corrected chi connectivity index (χ0v) is 10.3. The highest BCUT2D eigenvalue weighted by atomic mass is 16.5. The largest absolute Gasteiger partial charge is 0.495 e. The Morgan fingerprint density at radius 3 is 2.84 bits per heavy atom. The minimum absolute atomic E-state index is 0.543. The third kappa shape index (κ3) is 2.91. The smallest absolute Gasteiger partial charge is 0.143 e. The molecule has 2 aromatic rings. The van der Waals surface area contributed by atoms with E-state index in [4.69, 9.17) is 15.8 Å². The molecule has 19 heavy (non-hydrogen) atoms. The fraction of sp³-hybridized carbons (Fsp3) is 0.0769. The van der Waals surface area contributed by atoms with Crippen molar-refractivity contribution in [1.29, 1.82) is 5.26 Å². The van der Waals surface area contributed by atoms with E-state index < -0.39 is 0 Å². The lowest BCUT2D eigenvalue weighted by molar-refractivity contribution is 0.416. The fourth-order valence-corrected chi connectivity index (χ4v) is 1.61. The van der Waals surface area contributed by atoms with Crippen LogP contribution >= 0.6 is 0 Å². The maximum atomic E-state index is 8.85. The summed E-state index contributed by atoms with van der Waals surface area (Å²) in [4.78, 5) is 4.02. The van der Waals surface area contributed by atoms with Crippen molar-refractivity contribution in [1.82, 2.24) is 4.98 Å². The van der Waals surface area contributed by atoms with E-state index in [9.17, 15) is 0 Å². The van der Waals surface area contributed by atoms with Gasteiger partial charge in [0.1, 0.15) is 11.6 Å². The average Bonchev–Trinajstić information content (AvgIpc) is 2.48. The number of nitrogen functional groups attached to an aromatic ring is 1. The van der Waals surface area contributed by atoms with E-state index in [2.05, 4.69) is 21.8 Å². The van der Waals surface area contributed by atoms with Crippen molar-refractivity contribution in [3.63, 3.8) is 0 Å². The first-order chi connectivity index (χ1) is 9.26. The fourth-order valence-electron chi connectivity index (χ4n) is 1.61. The minimum atomic E-state index is 0.543. The van der Waals surface area contributed by atoms with E-state index in [-0.39, 0.29) is 0 Å². The first kappa shape index (κ1) is 12.7. The third-order valence-electron chi connectivity index (χ3n) is 2.52. The Bertz CT molecular complexity index is 621. The molecule has 0 bridgehead atoms. The van der Waals surface area contributed by atoms with Gasteiger partial charge in [0.05, 0.1) is 24.4 Å². The molecule has 0 aliphatic carbocycles. The average molecular weight is 255 g/mol. The number of hydrazine groups is 1. The molecule has 1 heterocycles. The van der Waals surface area contributed by atoms with E-state index in [0.29, 0.717) is 17.1 Å². The molecule has 96 valence electrons. The van der Waals surface area contributed by atoms with Gasteiger partial charge in [-0.15, -0.1) is 0 Å². The molecule has 0 saturated heterocycles. The Labute approximate surface area is 110 Å². The molecular weight excluding hydrogens is 242 g/mol. The highest BCUT2D eigenvalue weighted by molar-refractivity contribution is 5.68. The Hall–Kier alpha value is -2.78. The molecule has 2 rings (SSSR count). The molecule has 0 atom stereocenters. The van der Waals surface area contributed by atoms with Crippen LogP contribution in [0.4, 0.5) is 17.2 Å². The summed E-state index contributed by atoms with van der Waals surface area (Å²) in [6, 6.07) is 10.8. The number of pyridine rings is 1. The van der Waals surface area contributed by atoms with Crippen LogP contribution in [0.15, 0.2) is 36.5 Å². The lowest BCUT2D eigenvalue weighted by Crippen LogP contribution is -2.08. The van der Waals surface area contributed by atoms with Crippen molar-refractivity contribution in [2.75, 3.05) is 17.9 Å². The quantitative estimate of drug-likeness (QED) is 0.571. The predicted octanol–water partition coefficient (Wildman–Crippen LogP) is 1.99. The number of rotatable bonds is 4. The summed E-state index contributed by atoms with van der Waals surface area (Å²) in [6.45, 7) is 0. The molecule has 6 heteroatoms. The number of nitrogens with zero attached hydrogens (tertiary/aromatic N) is 2. The normalized spacial score (nSPS) is 9.53. The van der Waals surface area contributed by atoms with Crippen LogP contribution in [0, 0.1) is 11.3 Å². The summed E-state index contributed by atoms with van der Waals surface area (Å²) in [6.07, 6.45) is 1.63. The molecule has 6 nitrogen and oxygen atoms in total. The number of hydrogen-bond donors (Lipinski definition) is 3. The Morgan fingerprint density at radius 2 is 2.16 bits per heavy atom. The number of hydrogen-bond acceptors (Lipinski definition) is 6. The van der Waals surface area contributed by atoms with Crippen LogP contribution in [0.2, 0.25) is 0 Å². The maximum Gasteiger partial charge on any atom is 0.143 e. The molecule has 1 aromatic heterocycles. The number of nitriles is 1. The maximum absolute atomic E-state index is 8.85. The second-order valence-corrected chi connectivity index (χ2v) is 3.73. The monoisotopic (exact) mass is 255 g/mol. The van der Waals surface area contributed by atoms with E-state index >= 15 is 0 Å². The highest BCUT2D eigenvalue weighted by Crippen LogP contribution is 2.28. The van der Waals surface area contributed by atoms with E-state index in [1.165, 1.54) is 0 Å². The number of aromatic nitrogens is 1. The molecule has 0 radical (unpaired) electrons. The van der Waals surface area contributed by atoms with Crippen molar-refractivity contribution >= 4 is 17.2 Å².